The zero-order valence-electron chi connectivity index (χ0n) is 15.7. The number of nitrogens with one attached hydrogen (secondary N) is 2. The third kappa shape index (κ3) is 5.85. The monoisotopic (exact) mass is 422 g/mol. The minimum atomic E-state index is -0.794. The number of amides is 3. The molecule has 2 aromatic rings. The summed E-state index contributed by atoms with van der Waals surface area (Å²) in [4.78, 5) is 32.0. The zero-order chi connectivity index (χ0) is 20.8. The lowest BCUT2D eigenvalue weighted by Gasteiger charge is -2.26. The van der Waals surface area contributed by atoms with Gasteiger partial charge in [0, 0.05) is 19.1 Å². The van der Waals surface area contributed by atoms with E-state index >= 15 is 0 Å². The van der Waals surface area contributed by atoms with Crippen molar-refractivity contribution >= 4 is 29.2 Å². The van der Waals surface area contributed by atoms with Crippen molar-refractivity contribution < 1.29 is 23.5 Å². The number of hydrogen-bond donors (Lipinski definition) is 2. The van der Waals surface area contributed by atoms with E-state index < -0.39 is 11.8 Å². The average molecular weight is 423 g/mol. The highest BCUT2D eigenvalue weighted by atomic mass is 35.5. The molecule has 8 nitrogen and oxygen atoms in total. The highest BCUT2D eigenvalue weighted by molar-refractivity contribution is 6.30. The highest BCUT2D eigenvalue weighted by Gasteiger charge is 2.27. The molecule has 2 N–H and O–H groups in total. The summed E-state index contributed by atoms with van der Waals surface area (Å²) in [5.74, 6) is -1.23. The molecule has 3 amide bonds. The number of carbonyl (C=O) groups is 2. The second-order valence-corrected chi connectivity index (χ2v) is 7.02. The summed E-state index contributed by atoms with van der Waals surface area (Å²) in [6.07, 6.45) is 5.67. The van der Waals surface area contributed by atoms with Crippen molar-refractivity contribution in [3.8, 4) is 11.8 Å². The van der Waals surface area contributed by atoms with Gasteiger partial charge in [-0.2, -0.15) is 0 Å². The molecule has 0 atom stereocenters. The minimum Gasteiger partial charge on any atom is -0.424 e. The van der Waals surface area contributed by atoms with Crippen LogP contribution in [0.15, 0.2) is 30.6 Å². The Hall–Kier alpha value is -2.78. The standard InChI is InChI=1S/C19H20ClFN4O4/c1-28-13-4-2-11(3-5-13)17(26)25-18(27)24-16-7-6-14(8-15(16)21)29-19-22-9-12(20)10-23-19/h6-11,13H,2-5H2,1H3,(H2,24,25,26,27). The van der Waals surface area contributed by atoms with Crippen LogP contribution in [0, 0.1) is 11.7 Å². The van der Waals surface area contributed by atoms with E-state index in [0.717, 1.165) is 18.9 Å². The van der Waals surface area contributed by atoms with Crippen molar-refractivity contribution in [2.45, 2.75) is 31.8 Å². The maximum atomic E-state index is 14.3. The van der Waals surface area contributed by atoms with Crippen molar-refractivity contribution in [1.29, 1.82) is 0 Å². The summed E-state index contributed by atoms with van der Waals surface area (Å²) < 4.78 is 24.9. The fourth-order valence-electron chi connectivity index (χ4n) is 3.05. The van der Waals surface area contributed by atoms with Crippen LogP contribution in [0.2, 0.25) is 5.02 Å². The SMILES string of the molecule is COC1CCC(C(=O)NC(=O)Nc2ccc(Oc3ncc(Cl)cn3)cc2F)CC1. The summed E-state index contributed by atoms with van der Waals surface area (Å²) in [7, 11) is 1.64. The summed E-state index contributed by atoms with van der Waals surface area (Å²) in [6.45, 7) is 0. The van der Waals surface area contributed by atoms with Crippen molar-refractivity contribution in [3.63, 3.8) is 0 Å². The number of rotatable bonds is 5. The van der Waals surface area contributed by atoms with Gasteiger partial charge in [-0.15, -0.1) is 0 Å². The van der Waals surface area contributed by atoms with Gasteiger partial charge in [0.05, 0.1) is 29.2 Å². The molecule has 1 aliphatic rings. The molecule has 0 radical (unpaired) electrons. The highest BCUT2D eigenvalue weighted by Crippen LogP contribution is 2.26. The Morgan fingerprint density at radius 3 is 2.48 bits per heavy atom. The molecule has 1 fully saturated rings. The number of halogens is 2. The normalized spacial score (nSPS) is 18.7. The molecule has 1 heterocycles. The number of benzene rings is 1. The molecule has 1 aliphatic carbocycles. The first-order valence-corrected chi connectivity index (χ1v) is 9.42. The van der Waals surface area contributed by atoms with Gasteiger partial charge in [-0.3, -0.25) is 10.1 Å². The number of carbonyl (C=O) groups excluding carboxylic acids is 2. The van der Waals surface area contributed by atoms with E-state index in [1.165, 1.54) is 24.5 Å². The van der Waals surface area contributed by atoms with Crippen LogP contribution in [0.1, 0.15) is 25.7 Å². The van der Waals surface area contributed by atoms with Gasteiger partial charge < -0.3 is 14.8 Å². The van der Waals surface area contributed by atoms with E-state index in [4.69, 9.17) is 21.1 Å². The van der Waals surface area contributed by atoms with Crippen LogP contribution < -0.4 is 15.4 Å². The molecule has 0 unspecified atom stereocenters. The Bertz CT molecular complexity index is 873. The average Bonchev–Trinajstić information content (AvgIpc) is 2.72. The molecule has 0 saturated heterocycles. The Kier molecular flexibility index (Phi) is 6.95. The Morgan fingerprint density at radius 2 is 1.86 bits per heavy atom. The number of imide groups is 1. The lowest BCUT2D eigenvalue weighted by Crippen LogP contribution is -2.40. The molecule has 0 bridgehead atoms. The number of aromatic nitrogens is 2. The van der Waals surface area contributed by atoms with Gasteiger partial charge in [0.2, 0.25) is 5.91 Å². The molecule has 10 heteroatoms. The predicted octanol–water partition coefficient (Wildman–Crippen LogP) is 3.91. The Balaban J connectivity index is 1.53. The number of nitrogens with zero attached hydrogens (tertiary/aromatic N) is 2. The van der Waals surface area contributed by atoms with E-state index in [1.54, 1.807) is 7.11 Å². The topological polar surface area (TPSA) is 102 Å². The first kappa shape index (κ1) is 20.9. The summed E-state index contributed by atoms with van der Waals surface area (Å²) in [5.41, 5.74) is -0.0947. The number of urea groups is 1. The van der Waals surface area contributed by atoms with E-state index in [1.807, 2.05) is 0 Å². The molecule has 1 aromatic heterocycles. The van der Waals surface area contributed by atoms with Crippen LogP contribution in [-0.2, 0) is 9.53 Å². The Labute approximate surface area is 171 Å². The first-order chi connectivity index (χ1) is 13.9. The second kappa shape index (κ2) is 9.62. The van der Waals surface area contributed by atoms with Crippen LogP contribution >= 0.6 is 11.6 Å². The van der Waals surface area contributed by atoms with E-state index in [9.17, 15) is 14.0 Å². The van der Waals surface area contributed by atoms with Gasteiger partial charge in [0.1, 0.15) is 11.6 Å². The molecule has 0 spiro atoms. The van der Waals surface area contributed by atoms with Gasteiger partial charge >= 0.3 is 12.0 Å². The molecule has 1 saturated carbocycles. The van der Waals surface area contributed by atoms with Crippen LogP contribution in [0.3, 0.4) is 0 Å². The summed E-state index contributed by atoms with van der Waals surface area (Å²) in [5, 5.41) is 4.92. The molecule has 1 aromatic carbocycles. The third-order valence-electron chi connectivity index (χ3n) is 4.61. The number of hydrogen-bond acceptors (Lipinski definition) is 6. The van der Waals surface area contributed by atoms with Crippen LogP contribution in [-0.4, -0.2) is 35.1 Å². The van der Waals surface area contributed by atoms with Crippen molar-refractivity contribution in [3.05, 3.63) is 41.4 Å². The summed E-state index contributed by atoms with van der Waals surface area (Å²) >= 11 is 5.69. The van der Waals surface area contributed by atoms with Crippen molar-refractivity contribution in [1.82, 2.24) is 15.3 Å². The van der Waals surface area contributed by atoms with Gasteiger partial charge in [0.15, 0.2) is 0 Å². The number of ether oxygens (including phenoxy) is 2. The molecule has 154 valence electrons. The Morgan fingerprint density at radius 1 is 1.17 bits per heavy atom. The van der Waals surface area contributed by atoms with Crippen LogP contribution in [0.4, 0.5) is 14.9 Å². The largest absolute Gasteiger partial charge is 0.424 e. The maximum Gasteiger partial charge on any atom is 0.325 e. The lowest BCUT2D eigenvalue weighted by atomic mass is 9.87. The molecule has 0 aliphatic heterocycles. The first-order valence-electron chi connectivity index (χ1n) is 9.04. The van der Waals surface area contributed by atoms with E-state index in [-0.39, 0.29) is 35.4 Å². The number of methoxy groups -OCH3 is 1. The molecular formula is C19H20ClFN4O4. The van der Waals surface area contributed by atoms with Crippen molar-refractivity contribution in [2.24, 2.45) is 5.92 Å². The fraction of sp³-hybridized carbons (Fsp3) is 0.368. The third-order valence-corrected chi connectivity index (χ3v) is 4.80. The predicted molar refractivity (Wildman–Crippen MR) is 103 cm³/mol. The van der Waals surface area contributed by atoms with E-state index in [0.29, 0.717) is 17.9 Å². The minimum absolute atomic E-state index is 0.000966. The van der Waals surface area contributed by atoms with Gasteiger partial charge in [-0.05, 0) is 37.8 Å². The summed E-state index contributed by atoms with van der Waals surface area (Å²) in [6, 6.07) is 3.03. The van der Waals surface area contributed by atoms with Crippen molar-refractivity contribution in [2.75, 3.05) is 12.4 Å². The molecule has 3 rings (SSSR count). The van der Waals surface area contributed by atoms with Gasteiger partial charge in [-0.1, -0.05) is 11.6 Å². The molecule has 29 heavy (non-hydrogen) atoms. The zero-order valence-corrected chi connectivity index (χ0v) is 16.4. The van der Waals surface area contributed by atoms with E-state index in [2.05, 4.69) is 20.6 Å². The molecular weight excluding hydrogens is 403 g/mol. The maximum absolute atomic E-state index is 14.3. The number of anilines is 1. The van der Waals surface area contributed by atoms with Crippen LogP contribution in [0.5, 0.6) is 11.8 Å². The smallest absolute Gasteiger partial charge is 0.325 e. The second-order valence-electron chi connectivity index (χ2n) is 6.58. The fourth-order valence-corrected chi connectivity index (χ4v) is 3.15. The van der Waals surface area contributed by atoms with Crippen LogP contribution in [0.25, 0.3) is 0 Å². The lowest BCUT2D eigenvalue weighted by molar-refractivity contribution is -0.125. The quantitative estimate of drug-likeness (QED) is 0.757. The van der Waals surface area contributed by atoms with Gasteiger partial charge in [-0.25, -0.2) is 19.2 Å². The van der Waals surface area contributed by atoms with Gasteiger partial charge in [0.25, 0.3) is 0 Å².